The molecule has 5 heterocycles. The molecular formula is C29H21F2N7O5. The van der Waals surface area contributed by atoms with Gasteiger partial charge in [-0.2, -0.15) is 9.37 Å². The van der Waals surface area contributed by atoms with Gasteiger partial charge in [0.25, 0.3) is 11.4 Å². The Morgan fingerprint density at radius 2 is 1.98 bits per heavy atom. The van der Waals surface area contributed by atoms with Crippen LogP contribution in [-0.2, 0) is 24.4 Å². The van der Waals surface area contributed by atoms with Crippen LogP contribution in [0, 0.1) is 18.2 Å². The Kier molecular flexibility index (Phi) is 7.31. The number of imidazole rings is 1. The van der Waals surface area contributed by atoms with Gasteiger partial charge in [-0.3, -0.25) is 4.79 Å². The van der Waals surface area contributed by atoms with E-state index in [1.165, 1.54) is 35.0 Å². The number of pyridine rings is 2. The van der Waals surface area contributed by atoms with Gasteiger partial charge in [0.2, 0.25) is 5.82 Å². The van der Waals surface area contributed by atoms with Crippen molar-refractivity contribution in [3.05, 3.63) is 105 Å². The lowest BCUT2D eigenvalue weighted by Crippen LogP contribution is -2.32. The molecule has 14 heteroatoms. The molecule has 1 saturated heterocycles. The number of carboxylic acids is 1. The summed E-state index contributed by atoms with van der Waals surface area (Å²) in [7, 11) is 0. The van der Waals surface area contributed by atoms with E-state index < -0.39 is 29.0 Å². The highest BCUT2D eigenvalue weighted by Crippen LogP contribution is 2.24. The van der Waals surface area contributed by atoms with Crippen LogP contribution < -0.4 is 10.3 Å². The zero-order valence-corrected chi connectivity index (χ0v) is 22.3. The van der Waals surface area contributed by atoms with Crippen LogP contribution in [0.4, 0.5) is 14.5 Å². The number of carboxylic acid groups (broad SMARTS) is 1. The van der Waals surface area contributed by atoms with Crippen LogP contribution in [0.15, 0.2) is 59.7 Å². The maximum atomic E-state index is 14.4. The molecule has 0 radical (unpaired) electrons. The molecule has 6 rings (SSSR count). The number of nitrogens with zero attached hydrogens (tertiary/aromatic N) is 7. The summed E-state index contributed by atoms with van der Waals surface area (Å²) in [4.78, 5) is 44.6. The van der Waals surface area contributed by atoms with Gasteiger partial charge in [-0.05, 0) is 30.7 Å². The molecule has 0 amide bonds. The highest BCUT2D eigenvalue weighted by atomic mass is 19.1. The van der Waals surface area contributed by atoms with Gasteiger partial charge in [0.05, 0.1) is 32.0 Å². The highest BCUT2D eigenvalue weighted by Gasteiger charge is 2.23. The lowest BCUT2D eigenvalue weighted by Gasteiger charge is -2.27. The monoisotopic (exact) mass is 585 g/mol. The van der Waals surface area contributed by atoms with E-state index in [-0.39, 0.29) is 42.0 Å². The summed E-state index contributed by atoms with van der Waals surface area (Å²) < 4.78 is 42.7. The van der Waals surface area contributed by atoms with Crippen LogP contribution in [0.2, 0.25) is 0 Å². The number of hydrogen-bond donors (Lipinski definition) is 1. The minimum absolute atomic E-state index is 0.0178. The molecule has 4 aromatic heterocycles. The highest BCUT2D eigenvalue weighted by molar-refractivity contribution is 5.88. The summed E-state index contributed by atoms with van der Waals surface area (Å²) in [5, 5.41) is 9.39. The van der Waals surface area contributed by atoms with E-state index in [1.54, 1.807) is 16.7 Å². The third-order valence-corrected chi connectivity index (χ3v) is 6.88. The first kappa shape index (κ1) is 27.6. The average Bonchev–Trinajstić information content (AvgIpc) is 3.31. The number of aromatic carboxylic acids is 1. The number of hydrogen-bond acceptors (Lipinski definition) is 8. The number of fused-ring (bicyclic) bond motifs is 1. The van der Waals surface area contributed by atoms with Crippen molar-refractivity contribution in [2.24, 2.45) is 0 Å². The lowest BCUT2D eigenvalue weighted by atomic mass is 10.2. The molecule has 43 heavy (non-hydrogen) atoms. The van der Waals surface area contributed by atoms with Gasteiger partial charge in [-0.15, -0.1) is 0 Å². The normalized spacial score (nSPS) is 14.3. The quantitative estimate of drug-likeness (QED) is 0.254. The molecule has 12 nitrogen and oxygen atoms in total. The Hall–Kier alpha value is -5.55. The predicted molar refractivity (Wildman–Crippen MR) is 147 cm³/mol. The third-order valence-electron chi connectivity index (χ3n) is 6.88. The van der Waals surface area contributed by atoms with Gasteiger partial charge in [0.1, 0.15) is 23.8 Å². The lowest BCUT2D eigenvalue weighted by molar-refractivity contribution is -0.0591. The summed E-state index contributed by atoms with van der Waals surface area (Å²) in [6.45, 7) is 7.71. The second-order valence-corrected chi connectivity index (χ2v) is 9.67. The SMILES string of the molecule is [C-]#[N+]c1ccc(COc2nc(-c3ccn(Cc4nc5ccc(C(=O)O)nc5n4C[C@@H]4CCO4)c(=O)c3)ncc2F)c(F)c1. The van der Waals surface area contributed by atoms with Crippen LogP contribution in [0.1, 0.15) is 28.3 Å². The van der Waals surface area contributed by atoms with E-state index in [9.17, 15) is 23.5 Å². The number of carbonyl (C=O) groups is 1. The number of aromatic nitrogens is 6. The van der Waals surface area contributed by atoms with Crippen molar-refractivity contribution in [1.29, 1.82) is 0 Å². The zero-order valence-electron chi connectivity index (χ0n) is 22.3. The molecule has 5 aromatic rings. The van der Waals surface area contributed by atoms with Crippen LogP contribution in [0.3, 0.4) is 0 Å². The second-order valence-electron chi connectivity index (χ2n) is 9.67. The Bertz CT molecular complexity index is 1980. The minimum atomic E-state index is -1.16. The van der Waals surface area contributed by atoms with Crippen molar-refractivity contribution in [3.8, 4) is 17.3 Å². The summed E-state index contributed by atoms with van der Waals surface area (Å²) in [5.41, 5.74) is 0.847. The van der Waals surface area contributed by atoms with E-state index in [4.69, 9.17) is 16.0 Å². The Balaban J connectivity index is 1.25. The largest absolute Gasteiger partial charge is 0.477 e. The molecule has 0 aliphatic carbocycles. The molecule has 0 bridgehead atoms. The smallest absolute Gasteiger partial charge is 0.354 e. The molecule has 216 valence electrons. The van der Waals surface area contributed by atoms with E-state index >= 15 is 0 Å². The van der Waals surface area contributed by atoms with Gasteiger partial charge in [-0.25, -0.2) is 29.0 Å². The van der Waals surface area contributed by atoms with Gasteiger partial charge >= 0.3 is 5.97 Å². The average molecular weight is 586 g/mol. The van der Waals surface area contributed by atoms with Gasteiger partial charge in [0.15, 0.2) is 22.9 Å². The van der Waals surface area contributed by atoms with Crippen molar-refractivity contribution in [3.63, 3.8) is 0 Å². The molecule has 1 aliphatic heterocycles. The van der Waals surface area contributed by atoms with Crippen LogP contribution in [0.25, 0.3) is 27.4 Å². The summed E-state index contributed by atoms with van der Waals surface area (Å²) >= 11 is 0. The predicted octanol–water partition coefficient (Wildman–Crippen LogP) is 3.99. The van der Waals surface area contributed by atoms with E-state index in [1.807, 2.05) is 0 Å². The third kappa shape index (κ3) is 5.66. The molecule has 1 aromatic carbocycles. The standard InChI is InChI=1S/C29H21F2N7O5/c1-32-18-3-2-17(20(30)11-18)15-43-28-21(31)12-33-26(36-28)16-6-8-37(25(39)10-16)14-24-34-22-4-5-23(29(40)41)35-27(22)38(24)13-19-7-9-42-19/h2-6,8,10-12,19H,7,9,13-15H2,(H,40,41)/t19-/m0/s1. The molecule has 0 saturated carbocycles. The summed E-state index contributed by atoms with van der Waals surface area (Å²) in [6.07, 6.45) is 3.16. The van der Waals surface area contributed by atoms with Crippen LogP contribution in [-0.4, -0.2) is 52.9 Å². The molecule has 1 aliphatic rings. The zero-order chi connectivity index (χ0) is 30.1. The summed E-state index contributed by atoms with van der Waals surface area (Å²) in [5.74, 6) is -2.63. The molecule has 1 N–H and O–H groups in total. The van der Waals surface area contributed by atoms with Crippen molar-refractivity contribution in [2.45, 2.75) is 32.2 Å². The fourth-order valence-electron chi connectivity index (χ4n) is 4.50. The summed E-state index contributed by atoms with van der Waals surface area (Å²) in [6, 6.07) is 9.65. The van der Waals surface area contributed by atoms with E-state index in [2.05, 4.69) is 24.8 Å². The van der Waals surface area contributed by atoms with Crippen molar-refractivity contribution in [1.82, 2.24) is 29.1 Å². The maximum Gasteiger partial charge on any atom is 0.354 e. The first-order valence-electron chi connectivity index (χ1n) is 13.0. The van der Waals surface area contributed by atoms with E-state index in [0.717, 1.165) is 18.7 Å². The number of benzene rings is 1. The van der Waals surface area contributed by atoms with Crippen LogP contribution in [0.5, 0.6) is 5.88 Å². The number of rotatable bonds is 9. The van der Waals surface area contributed by atoms with Gasteiger partial charge in [0, 0.05) is 30.0 Å². The maximum absolute atomic E-state index is 14.4. The van der Waals surface area contributed by atoms with E-state index in [0.29, 0.717) is 35.7 Å². The van der Waals surface area contributed by atoms with Gasteiger partial charge < -0.3 is 23.7 Å². The second kappa shape index (κ2) is 11.4. The van der Waals surface area contributed by atoms with Gasteiger partial charge in [-0.1, -0.05) is 12.1 Å². The molecule has 0 spiro atoms. The van der Waals surface area contributed by atoms with Crippen LogP contribution >= 0.6 is 0 Å². The molecule has 0 unspecified atom stereocenters. The Morgan fingerprint density at radius 3 is 2.67 bits per heavy atom. The molecule has 1 atom stereocenters. The fraction of sp³-hybridized carbons (Fsp3) is 0.207. The fourth-order valence-corrected chi connectivity index (χ4v) is 4.50. The Labute approximate surface area is 241 Å². The molecular weight excluding hydrogens is 564 g/mol. The topological polar surface area (TPSA) is 139 Å². The number of halogens is 2. The first-order chi connectivity index (χ1) is 20.8. The first-order valence-corrected chi connectivity index (χ1v) is 13.0. The minimum Gasteiger partial charge on any atom is -0.477 e. The number of ether oxygens (including phenoxy) is 2. The Morgan fingerprint density at radius 1 is 1.14 bits per heavy atom. The van der Waals surface area contributed by atoms with Crippen molar-refractivity contribution < 1.29 is 28.2 Å². The van der Waals surface area contributed by atoms with Crippen molar-refractivity contribution in [2.75, 3.05) is 6.61 Å². The van der Waals surface area contributed by atoms with Crippen molar-refractivity contribution >= 4 is 22.8 Å². The molecule has 1 fully saturated rings.